The van der Waals surface area contributed by atoms with Crippen LogP contribution in [0.15, 0.2) is 0 Å². The van der Waals surface area contributed by atoms with Gasteiger partial charge in [0.05, 0.1) is 12.2 Å². The third kappa shape index (κ3) is 1.92. The normalized spacial score (nSPS) is 43.7. The van der Waals surface area contributed by atoms with Gasteiger partial charge in [0.15, 0.2) is 0 Å². The molecule has 3 heteroatoms. The van der Waals surface area contributed by atoms with Gasteiger partial charge < -0.3 is 10.1 Å². The SMILES string of the molecule is CC1CC2(CCC(=O)NC2)CC(C)O1. The molecule has 0 aromatic carbocycles. The first-order valence-electron chi connectivity index (χ1n) is 5.52. The largest absolute Gasteiger partial charge is 0.376 e. The third-order valence-corrected chi connectivity index (χ3v) is 3.45. The lowest BCUT2D eigenvalue weighted by atomic mass is 9.71. The lowest BCUT2D eigenvalue weighted by molar-refractivity contribution is -0.131. The van der Waals surface area contributed by atoms with Crippen LogP contribution in [0.2, 0.25) is 0 Å². The highest BCUT2D eigenvalue weighted by atomic mass is 16.5. The van der Waals surface area contributed by atoms with E-state index in [-0.39, 0.29) is 5.91 Å². The Hall–Kier alpha value is -0.570. The number of piperidine rings is 1. The molecule has 0 aliphatic carbocycles. The van der Waals surface area contributed by atoms with Crippen LogP contribution in [-0.2, 0) is 9.53 Å². The fraction of sp³-hybridized carbons (Fsp3) is 0.909. The summed E-state index contributed by atoms with van der Waals surface area (Å²) in [5, 5.41) is 2.99. The first-order chi connectivity index (χ1) is 6.60. The maximum atomic E-state index is 11.1. The summed E-state index contributed by atoms with van der Waals surface area (Å²) >= 11 is 0. The summed E-state index contributed by atoms with van der Waals surface area (Å²) in [6, 6.07) is 0. The summed E-state index contributed by atoms with van der Waals surface area (Å²) < 4.78 is 5.73. The predicted octanol–water partition coefficient (Wildman–Crippen LogP) is 1.47. The van der Waals surface area contributed by atoms with Gasteiger partial charge in [-0.25, -0.2) is 0 Å². The van der Waals surface area contributed by atoms with Gasteiger partial charge in [0.2, 0.25) is 5.91 Å². The molecule has 0 saturated carbocycles. The van der Waals surface area contributed by atoms with E-state index in [1.165, 1.54) is 0 Å². The highest BCUT2D eigenvalue weighted by Gasteiger charge is 2.40. The lowest BCUT2D eigenvalue weighted by Crippen LogP contribution is -2.49. The summed E-state index contributed by atoms with van der Waals surface area (Å²) in [4.78, 5) is 11.1. The minimum atomic E-state index is 0.211. The Kier molecular flexibility index (Phi) is 2.52. The zero-order valence-corrected chi connectivity index (χ0v) is 9.01. The van der Waals surface area contributed by atoms with Crippen LogP contribution in [0, 0.1) is 5.41 Å². The van der Waals surface area contributed by atoms with Crippen molar-refractivity contribution < 1.29 is 9.53 Å². The molecule has 2 aliphatic heterocycles. The minimum Gasteiger partial charge on any atom is -0.376 e. The number of carbonyl (C=O) groups is 1. The highest BCUT2D eigenvalue weighted by molar-refractivity contribution is 5.76. The van der Waals surface area contributed by atoms with E-state index >= 15 is 0 Å². The van der Waals surface area contributed by atoms with Crippen LogP contribution in [0.5, 0.6) is 0 Å². The van der Waals surface area contributed by atoms with Gasteiger partial charge >= 0.3 is 0 Å². The average molecular weight is 197 g/mol. The molecule has 2 heterocycles. The number of hydrogen-bond donors (Lipinski definition) is 1. The topological polar surface area (TPSA) is 38.3 Å². The molecule has 0 radical (unpaired) electrons. The Bertz CT molecular complexity index is 217. The van der Waals surface area contributed by atoms with Crippen molar-refractivity contribution in [3.63, 3.8) is 0 Å². The molecule has 0 aromatic heterocycles. The molecule has 2 rings (SSSR count). The number of amides is 1. The van der Waals surface area contributed by atoms with E-state index in [0.717, 1.165) is 25.8 Å². The predicted molar refractivity (Wildman–Crippen MR) is 53.9 cm³/mol. The highest BCUT2D eigenvalue weighted by Crippen LogP contribution is 2.41. The molecule has 2 fully saturated rings. The van der Waals surface area contributed by atoms with Crippen molar-refractivity contribution in [1.82, 2.24) is 5.32 Å². The van der Waals surface area contributed by atoms with Gasteiger partial charge in [-0.2, -0.15) is 0 Å². The van der Waals surface area contributed by atoms with E-state index in [9.17, 15) is 4.79 Å². The first-order valence-corrected chi connectivity index (χ1v) is 5.52. The molecule has 0 bridgehead atoms. The maximum Gasteiger partial charge on any atom is 0.220 e. The van der Waals surface area contributed by atoms with E-state index in [2.05, 4.69) is 19.2 Å². The number of nitrogens with one attached hydrogen (secondary N) is 1. The second-order valence-corrected chi connectivity index (χ2v) is 4.94. The molecular weight excluding hydrogens is 178 g/mol. The van der Waals surface area contributed by atoms with Crippen LogP contribution in [0.1, 0.15) is 39.5 Å². The van der Waals surface area contributed by atoms with Crippen molar-refractivity contribution in [3.8, 4) is 0 Å². The molecule has 1 spiro atoms. The van der Waals surface area contributed by atoms with Crippen molar-refractivity contribution >= 4 is 5.91 Å². The molecule has 2 aliphatic rings. The molecule has 0 aromatic rings. The summed E-state index contributed by atoms with van der Waals surface area (Å²) in [7, 11) is 0. The molecular formula is C11H19NO2. The second-order valence-electron chi connectivity index (χ2n) is 4.94. The van der Waals surface area contributed by atoms with Crippen molar-refractivity contribution in [2.24, 2.45) is 5.41 Å². The molecule has 80 valence electrons. The van der Waals surface area contributed by atoms with Gasteiger partial charge in [0.1, 0.15) is 0 Å². The monoisotopic (exact) mass is 197 g/mol. The Morgan fingerprint density at radius 2 is 2.00 bits per heavy atom. The fourth-order valence-electron chi connectivity index (χ4n) is 2.99. The van der Waals surface area contributed by atoms with Crippen molar-refractivity contribution in [1.29, 1.82) is 0 Å². The van der Waals surface area contributed by atoms with Gasteiger partial charge in [-0.15, -0.1) is 0 Å². The van der Waals surface area contributed by atoms with E-state index in [1.807, 2.05) is 0 Å². The van der Waals surface area contributed by atoms with E-state index in [0.29, 0.717) is 24.0 Å². The summed E-state index contributed by atoms with van der Waals surface area (Å²) in [6.45, 7) is 5.12. The van der Waals surface area contributed by atoms with E-state index in [1.54, 1.807) is 0 Å². The number of rotatable bonds is 0. The Morgan fingerprint density at radius 1 is 1.36 bits per heavy atom. The van der Waals surface area contributed by atoms with Crippen LogP contribution >= 0.6 is 0 Å². The lowest BCUT2D eigenvalue weighted by Gasteiger charge is -2.45. The minimum absolute atomic E-state index is 0.211. The zero-order chi connectivity index (χ0) is 10.2. The van der Waals surface area contributed by atoms with Crippen LogP contribution in [0.25, 0.3) is 0 Å². The van der Waals surface area contributed by atoms with E-state index < -0.39 is 0 Å². The summed E-state index contributed by atoms with van der Waals surface area (Å²) in [5.41, 5.74) is 0.324. The third-order valence-electron chi connectivity index (χ3n) is 3.45. The molecule has 2 atom stereocenters. The van der Waals surface area contributed by atoms with Crippen LogP contribution < -0.4 is 5.32 Å². The summed E-state index contributed by atoms with van der Waals surface area (Å²) in [5.74, 6) is 0.211. The molecule has 14 heavy (non-hydrogen) atoms. The number of carbonyl (C=O) groups excluding carboxylic acids is 1. The molecule has 2 unspecified atom stereocenters. The van der Waals surface area contributed by atoms with Gasteiger partial charge in [0.25, 0.3) is 0 Å². The first kappa shape index (κ1) is 9.97. The molecule has 3 nitrogen and oxygen atoms in total. The molecule has 1 N–H and O–H groups in total. The molecule has 2 saturated heterocycles. The van der Waals surface area contributed by atoms with Gasteiger partial charge in [-0.1, -0.05) is 0 Å². The van der Waals surface area contributed by atoms with Crippen molar-refractivity contribution in [2.45, 2.75) is 51.7 Å². The number of ether oxygens (including phenoxy) is 1. The second kappa shape index (κ2) is 3.54. The van der Waals surface area contributed by atoms with Gasteiger partial charge in [-0.3, -0.25) is 4.79 Å². The van der Waals surface area contributed by atoms with Gasteiger partial charge in [-0.05, 0) is 38.5 Å². The molecule has 1 amide bonds. The van der Waals surface area contributed by atoms with Crippen LogP contribution in [0.4, 0.5) is 0 Å². The maximum absolute atomic E-state index is 11.1. The smallest absolute Gasteiger partial charge is 0.220 e. The van der Waals surface area contributed by atoms with Crippen molar-refractivity contribution in [3.05, 3.63) is 0 Å². The van der Waals surface area contributed by atoms with E-state index in [4.69, 9.17) is 4.74 Å². The zero-order valence-electron chi connectivity index (χ0n) is 9.01. The fourth-order valence-corrected chi connectivity index (χ4v) is 2.99. The number of hydrogen-bond acceptors (Lipinski definition) is 2. The Morgan fingerprint density at radius 3 is 2.50 bits per heavy atom. The Labute approximate surface area is 85.2 Å². The van der Waals surface area contributed by atoms with Crippen LogP contribution in [0.3, 0.4) is 0 Å². The van der Waals surface area contributed by atoms with Gasteiger partial charge in [0, 0.05) is 13.0 Å². The standard InChI is InChI=1S/C11H19NO2/c1-8-5-11(6-9(2)14-8)4-3-10(13)12-7-11/h8-9H,3-7H2,1-2H3,(H,12,13). The summed E-state index contributed by atoms with van der Waals surface area (Å²) in [6.07, 6.45) is 4.61. The Balaban J connectivity index is 2.03. The van der Waals surface area contributed by atoms with Crippen LogP contribution in [-0.4, -0.2) is 24.7 Å². The quantitative estimate of drug-likeness (QED) is 0.638. The van der Waals surface area contributed by atoms with Crippen molar-refractivity contribution in [2.75, 3.05) is 6.54 Å². The average Bonchev–Trinajstić information content (AvgIpc) is 2.09.